The molecule has 0 atom stereocenters. The molecular weight excluding hydrogens is 181 g/mol. The number of aromatic nitrogens is 1. The molecule has 2 aromatic heterocycles. The Labute approximate surface area is 70.4 Å². The van der Waals surface area contributed by atoms with Crippen molar-refractivity contribution in [3.63, 3.8) is 0 Å². The highest BCUT2D eigenvalue weighted by molar-refractivity contribution is 7.16. The number of nitrogens with one attached hydrogen (secondary N) is 1. The largest absolute Gasteiger partial charge is 0.476 e. The van der Waals surface area contributed by atoms with E-state index in [0.29, 0.717) is 10.2 Å². The second-order valence-corrected chi connectivity index (χ2v) is 3.20. The molecule has 0 saturated carbocycles. The fourth-order valence-electron chi connectivity index (χ4n) is 1.03. The number of H-pyrrole nitrogens is 1. The number of carbonyl (C=O) groups is 1. The lowest BCUT2D eigenvalue weighted by Crippen LogP contribution is -1.98. The number of aromatic carboxylic acids is 1. The molecule has 2 heterocycles. The van der Waals surface area contributed by atoms with Crippen molar-refractivity contribution in [2.45, 2.75) is 0 Å². The Bertz CT molecular complexity index is 445. The van der Waals surface area contributed by atoms with Crippen molar-refractivity contribution >= 4 is 27.5 Å². The fraction of sp³-hybridized carbons (Fsp3) is 0. The van der Waals surface area contributed by atoms with Gasteiger partial charge in [-0.25, -0.2) is 9.18 Å². The molecule has 0 aliphatic rings. The molecule has 0 saturated heterocycles. The van der Waals surface area contributed by atoms with E-state index in [0.717, 1.165) is 0 Å². The van der Waals surface area contributed by atoms with Crippen molar-refractivity contribution in [2.75, 3.05) is 0 Å². The van der Waals surface area contributed by atoms with Crippen molar-refractivity contribution < 1.29 is 14.3 Å². The average molecular weight is 185 g/mol. The molecule has 0 radical (unpaired) electrons. The van der Waals surface area contributed by atoms with Crippen LogP contribution in [0.3, 0.4) is 0 Å². The van der Waals surface area contributed by atoms with Crippen molar-refractivity contribution in [2.24, 2.45) is 0 Å². The van der Waals surface area contributed by atoms with Crippen LogP contribution in [0.5, 0.6) is 0 Å². The van der Waals surface area contributed by atoms with Crippen LogP contribution in [-0.4, -0.2) is 16.1 Å². The quantitative estimate of drug-likeness (QED) is 0.714. The summed E-state index contributed by atoms with van der Waals surface area (Å²) in [6.07, 6.45) is 0. The van der Waals surface area contributed by atoms with Crippen molar-refractivity contribution in [3.05, 3.63) is 23.0 Å². The summed E-state index contributed by atoms with van der Waals surface area (Å²) in [6.45, 7) is 0. The number of carboxylic acids is 1. The minimum atomic E-state index is -1.27. The lowest BCUT2D eigenvalue weighted by Gasteiger charge is -1.85. The third-order valence-corrected chi connectivity index (χ3v) is 2.40. The second-order valence-electron chi connectivity index (χ2n) is 2.28. The molecule has 62 valence electrons. The molecule has 0 spiro atoms. The van der Waals surface area contributed by atoms with Crippen LogP contribution in [0.2, 0.25) is 0 Å². The number of halogens is 1. The topological polar surface area (TPSA) is 53.1 Å². The number of hydrogen-bond acceptors (Lipinski definition) is 2. The third-order valence-electron chi connectivity index (χ3n) is 1.57. The number of hydrogen-bond donors (Lipinski definition) is 2. The van der Waals surface area contributed by atoms with E-state index in [4.69, 9.17) is 5.11 Å². The molecule has 12 heavy (non-hydrogen) atoms. The number of thiophene rings is 1. The van der Waals surface area contributed by atoms with Crippen LogP contribution in [0.4, 0.5) is 4.39 Å². The van der Waals surface area contributed by atoms with E-state index in [2.05, 4.69) is 4.98 Å². The fourth-order valence-corrected chi connectivity index (χ4v) is 1.82. The molecule has 0 amide bonds. The molecule has 0 unspecified atom stereocenters. The van der Waals surface area contributed by atoms with Crippen LogP contribution in [0, 0.1) is 5.82 Å². The van der Waals surface area contributed by atoms with Crippen LogP contribution < -0.4 is 0 Å². The molecule has 0 fully saturated rings. The van der Waals surface area contributed by atoms with Gasteiger partial charge in [0.05, 0.1) is 0 Å². The summed E-state index contributed by atoms with van der Waals surface area (Å²) in [5, 5.41) is 10.6. The van der Waals surface area contributed by atoms with Gasteiger partial charge in [0, 0.05) is 5.39 Å². The highest BCUT2D eigenvalue weighted by Gasteiger charge is 2.16. The molecule has 2 rings (SSSR count). The molecule has 0 aliphatic heterocycles. The van der Waals surface area contributed by atoms with Gasteiger partial charge in [-0.2, -0.15) is 0 Å². The van der Waals surface area contributed by atoms with E-state index in [-0.39, 0.29) is 5.69 Å². The second kappa shape index (κ2) is 2.31. The minimum absolute atomic E-state index is 0.345. The number of rotatable bonds is 1. The van der Waals surface area contributed by atoms with E-state index in [1.165, 1.54) is 11.3 Å². The Kier molecular flexibility index (Phi) is 1.41. The summed E-state index contributed by atoms with van der Waals surface area (Å²) in [6, 6.07) is 1.55. The smallest absolute Gasteiger partial charge is 0.355 e. The van der Waals surface area contributed by atoms with Crippen LogP contribution in [-0.2, 0) is 0 Å². The van der Waals surface area contributed by atoms with E-state index < -0.39 is 11.8 Å². The van der Waals surface area contributed by atoms with Gasteiger partial charge in [0.15, 0.2) is 11.5 Å². The van der Waals surface area contributed by atoms with Gasteiger partial charge in [-0.3, -0.25) is 0 Å². The maximum Gasteiger partial charge on any atom is 0.355 e. The third kappa shape index (κ3) is 0.831. The summed E-state index contributed by atoms with van der Waals surface area (Å²) >= 11 is 1.28. The number of fused-ring (bicyclic) bond motifs is 1. The zero-order valence-corrected chi connectivity index (χ0v) is 6.61. The number of aromatic amines is 1. The Balaban J connectivity index is 2.78. The highest BCUT2D eigenvalue weighted by Crippen LogP contribution is 2.25. The Morgan fingerprint density at radius 1 is 1.67 bits per heavy atom. The van der Waals surface area contributed by atoms with Crippen LogP contribution in [0.25, 0.3) is 10.2 Å². The van der Waals surface area contributed by atoms with Crippen LogP contribution in [0.1, 0.15) is 10.5 Å². The van der Waals surface area contributed by atoms with Gasteiger partial charge in [-0.1, -0.05) is 0 Å². The molecule has 0 aliphatic carbocycles. The summed E-state index contributed by atoms with van der Waals surface area (Å²) in [5.41, 5.74) is -0.364. The van der Waals surface area contributed by atoms with E-state index in [9.17, 15) is 9.18 Å². The summed E-state index contributed by atoms with van der Waals surface area (Å²) in [5.74, 6) is -1.95. The monoisotopic (exact) mass is 185 g/mol. The first kappa shape index (κ1) is 7.30. The number of carboxylic acid groups (broad SMARTS) is 1. The Morgan fingerprint density at radius 3 is 3.00 bits per heavy atom. The lowest BCUT2D eigenvalue weighted by molar-refractivity contribution is 0.0686. The van der Waals surface area contributed by atoms with Gasteiger partial charge in [-0.15, -0.1) is 11.3 Å². The van der Waals surface area contributed by atoms with E-state index in [1.54, 1.807) is 11.4 Å². The predicted octanol–water partition coefficient (Wildman–Crippen LogP) is 2.07. The average Bonchev–Trinajstić information content (AvgIpc) is 2.53. The molecule has 0 bridgehead atoms. The van der Waals surface area contributed by atoms with Gasteiger partial charge < -0.3 is 10.1 Å². The lowest BCUT2D eigenvalue weighted by atomic mass is 10.3. The van der Waals surface area contributed by atoms with Crippen molar-refractivity contribution in [3.8, 4) is 0 Å². The molecular formula is C7H4FNO2S. The summed E-state index contributed by atoms with van der Waals surface area (Å²) in [4.78, 5) is 13.5. The summed E-state index contributed by atoms with van der Waals surface area (Å²) < 4.78 is 13.1. The molecule has 3 nitrogen and oxygen atoms in total. The zero-order chi connectivity index (χ0) is 8.72. The van der Waals surface area contributed by atoms with Crippen LogP contribution >= 0.6 is 11.3 Å². The first-order valence-electron chi connectivity index (χ1n) is 3.18. The molecule has 5 heteroatoms. The van der Waals surface area contributed by atoms with Gasteiger partial charge in [0.1, 0.15) is 4.83 Å². The van der Waals surface area contributed by atoms with Crippen molar-refractivity contribution in [1.29, 1.82) is 0 Å². The predicted molar refractivity (Wildman–Crippen MR) is 43.1 cm³/mol. The minimum Gasteiger partial charge on any atom is -0.476 e. The van der Waals surface area contributed by atoms with Gasteiger partial charge in [0.25, 0.3) is 0 Å². The van der Waals surface area contributed by atoms with Gasteiger partial charge >= 0.3 is 5.97 Å². The Morgan fingerprint density at radius 2 is 2.42 bits per heavy atom. The maximum absolute atomic E-state index is 13.1. The normalized spacial score (nSPS) is 10.8. The van der Waals surface area contributed by atoms with E-state index in [1.807, 2.05) is 0 Å². The molecule has 2 N–H and O–H groups in total. The summed E-state index contributed by atoms with van der Waals surface area (Å²) in [7, 11) is 0. The van der Waals surface area contributed by atoms with Gasteiger partial charge in [-0.05, 0) is 11.4 Å². The first-order chi connectivity index (χ1) is 5.70. The standard InChI is InChI=1S/C7H4FNO2S/c8-4-3-1-2-12-6(3)9-5(4)7(10)11/h1-2,9H,(H,10,11). The molecule has 2 aromatic rings. The van der Waals surface area contributed by atoms with Crippen LogP contribution in [0.15, 0.2) is 11.4 Å². The Hall–Kier alpha value is -1.36. The first-order valence-corrected chi connectivity index (χ1v) is 4.06. The SMILES string of the molecule is O=C(O)c1[nH]c2sccc2c1F. The molecule has 0 aromatic carbocycles. The maximum atomic E-state index is 13.1. The van der Waals surface area contributed by atoms with E-state index >= 15 is 0 Å². The van der Waals surface area contributed by atoms with Gasteiger partial charge in [0.2, 0.25) is 0 Å². The zero-order valence-electron chi connectivity index (χ0n) is 5.80. The highest BCUT2D eigenvalue weighted by atomic mass is 32.1. The van der Waals surface area contributed by atoms with Crippen molar-refractivity contribution in [1.82, 2.24) is 4.98 Å².